The predicted molar refractivity (Wildman–Crippen MR) is 83.8 cm³/mol. The van der Waals surface area contributed by atoms with Crippen molar-refractivity contribution in [2.45, 2.75) is 13.8 Å². The summed E-state index contributed by atoms with van der Waals surface area (Å²) in [5.74, 6) is 0.599. The van der Waals surface area contributed by atoms with Crippen molar-refractivity contribution in [2.75, 3.05) is 26.8 Å². The van der Waals surface area contributed by atoms with Gasteiger partial charge in [-0.25, -0.2) is 0 Å². The maximum atomic E-state index is 12.6. The van der Waals surface area contributed by atoms with Gasteiger partial charge in [0, 0.05) is 30.6 Å². The maximum absolute atomic E-state index is 12.6. The number of ether oxygens (including phenoxy) is 1. The topological polar surface area (TPSA) is 42.7 Å². The second-order valence-corrected chi connectivity index (χ2v) is 5.87. The number of carbonyl (C=O) groups excluding carboxylic acids is 1. The zero-order chi connectivity index (χ0) is 15.4. The highest BCUT2D eigenvalue weighted by Crippen LogP contribution is 2.24. The standard InChI is InChI=1S/C16H20ClNO3/c1-11(2)10-18(6-7-20-3)16(19)15-9-12-8-13(17)4-5-14(12)21-15/h4-5,8-9,11H,6-7,10H2,1-3H3. The Bertz CT molecular complexity index is 621. The number of fused-ring (bicyclic) bond motifs is 1. The van der Waals surface area contributed by atoms with Crippen LogP contribution in [0.25, 0.3) is 11.0 Å². The zero-order valence-corrected chi connectivity index (χ0v) is 13.3. The van der Waals surface area contributed by atoms with Crippen molar-refractivity contribution >= 4 is 28.5 Å². The Kier molecular flexibility index (Phi) is 5.26. The van der Waals surface area contributed by atoms with E-state index in [1.165, 1.54) is 0 Å². The Morgan fingerprint density at radius 3 is 2.81 bits per heavy atom. The molecule has 1 amide bonds. The average molecular weight is 310 g/mol. The number of carbonyl (C=O) groups is 1. The predicted octanol–water partition coefficient (Wildman–Crippen LogP) is 3.83. The first kappa shape index (κ1) is 15.9. The molecule has 2 aromatic rings. The Morgan fingerprint density at radius 1 is 1.38 bits per heavy atom. The van der Waals surface area contributed by atoms with Gasteiger partial charge in [-0.05, 0) is 30.2 Å². The van der Waals surface area contributed by atoms with Crippen molar-refractivity contribution < 1.29 is 13.9 Å². The molecular formula is C16H20ClNO3. The van der Waals surface area contributed by atoms with Gasteiger partial charge in [0.1, 0.15) is 5.58 Å². The molecule has 0 fully saturated rings. The van der Waals surface area contributed by atoms with Crippen LogP contribution in [0.3, 0.4) is 0 Å². The number of rotatable bonds is 6. The number of nitrogens with zero attached hydrogens (tertiary/aromatic N) is 1. The van der Waals surface area contributed by atoms with Gasteiger partial charge in [-0.3, -0.25) is 4.79 Å². The Morgan fingerprint density at radius 2 is 2.14 bits per heavy atom. The lowest BCUT2D eigenvalue weighted by molar-refractivity contribution is 0.0644. The molecule has 2 rings (SSSR count). The molecule has 1 aromatic heterocycles. The number of furan rings is 1. The molecule has 0 aliphatic rings. The van der Waals surface area contributed by atoms with Gasteiger partial charge in [-0.15, -0.1) is 0 Å². The van der Waals surface area contributed by atoms with E-state index in [1.807, 2.05) is 0 Å². The largest absolute Gasteiger partial charge is 0.451 e. The van der Waals surface area contributed by atoms with Crippen molar-refractivity contribution in [2.24, 2.45) is 5.92 Å². The SMILES string of the molecule is COCCN(CC(C)C)C(=O)c1cc2cc(Cl)ccc2o1. The van der Waals surface area contributed by atoms with E-state index >= 15 is 0 Å². The van der Waals surface area contributed by atoms with Gasteiger partial charge in [0.2, 0.25) is 0 Å². The molecule has 5 heteroatoms. The molecule has 0 N–H and O–H groups in total. The van der Waals surface area contributed by atoms with E-state index in [1.54, 1.807) is 36.3 Å². The van der Waals surface area contributed by atoms with Gasteiger partial charge < -0.3 is 14.1 Å². The van der Waals surface area contributed by atoms with E-state index in [0.29, 0.717) is 42.0 Å². The fraction of sp³-hybridized carbons (Fsp3) is 0.438. The van der Waals surface area contributed by atoms with Crippen molar-refractivity contribution in [1.29, 1.82) is 0 Å². The molecule has 0 unspecified atom stereocenters. The molecule has 0 aliphatic carbocycles. The van der Waals surface area contributed by atoms with E-state index in [0.717, 1.165) is 5.39 Å². The quantitative estimate of drug-likeness (QED) is 0.814. The molecule has 4 nitrogen and oxygen atoms in total. The van der Waals surface area contributed by atoms with E-state index in [-0.39, 0.29) is 5.91 Å². The molecule has 0 saturated heterocycles. The van der Waals surface area contributed by atoms with Gasteiger partial charge in [0.25, 0.3) is 5.91 Å². The van der Waals surface area contributed by atoms with E-state index < -0.39 is 0 Å². The third-order valence-corrected chi connectivity index (χ3v) is 3.36. The van der Waals surface area contributed by atoms with E-state index in [2.05, 4.69) is 13.8 Å². The van der Waals surface area contributed by atoms with Gasteiger partial charge >= 0.3 is 0 Å². The highest BCUT2D eigenvalue weighted by atomic mass is 35.5. The van der Waals surface area contributed by atoms with Crippen LogP contribution in [0, 0.1) is 5.92 Å². The minimum atomic E-state index is -0.118. The van der Waals surface area contributed by atoms with Crippen LogP contribution in [-0.4, -0.2) is 37.6 Å². The zero-order valence-electron chi connectivity index (χ0n) is 12.6. The Balaban J connectivity index is 2.24. The third kappa shape index (κ3) is 3.99. The maximum Gasteiger partial charge on any atom is 0.289 e. The van der Waals surface area contributed by atoms with Crippen LogP contribution >= 0.6 is 11.6 Å². The third-order valence-electron chi connectivity index (χ3n) is 3.13. The second-order valence-electron chi connectivity index (χ2n) is 5.43. The number of halogens is 1. The number of hydrogen-bond donors (Lipinski definition) is 0. The molecule has 114 valence electrons. The van der Waals surface area contributed by atoms with E-state index in [9.17, 15) is 4.79 Å². The summed E-state index contributed by atoms with van der Waals surface area (Å²) >= 11 is 5.95. The summed E-state index contributed by atoms with van der Waals surface area (Å²) in [4.78, 5) is 14.3. The van der Waals surface area contributed by atoms with Crippen LogP contribution in [0.15, 0.2) is 28.7 Å². The first-order chi connectivity index (χ1) is 10.0. The summed E-state index contributed by atoms with van der Waals surface area (Å²) in [6.45, 7) is 5.87. The number of benzene rings is 1. The lowest BCUT2D eigenvalue weighted by Crippen LogP contribution is -2.36. The smallest absolute Gasteiger partial charge is 0.289 e. The summed E-state index contributed by atoms with van der Waals surface area (Å²) in [5, 5.41) is 1.46. The molecule has 0 radical (unpaired) electrons. The fourth-order valence-electron chi connectivity index (χ4n) is 2.19. The summed E-state index contributed by atoms with van der Waals surface area (Å²) in [6.07, 6.45) is 0. The van der Waals surface area contributed by atoms with Crippen LogP contribution in [0.1, 0.15) is 24.4 Å². The first-order valence-corrected chi connectivity index (χ1v) is 7.36. The van der Waals surface area contributed by atoms with Crippen LogP contribution in [-0.2, 0) is 4.74 Å². The monoisotopic (exact) mass is 309 g/mol. The number of hydrogen-bond acceptors (Lipinski definition) is 3. The molecule has 0 aliphatic heterocycles. The summed E-state index contributed by atoms with van der Waals surface area (Å²) in [6, 6.07) is 7.05. The van der Waals surface area contributed by atoms with Crippen LogP contribution in [0.2, 0.25) is 5.02 Å². The second kappa shape index (κ2) is 6.96. The van der Waals surface area contributed by atoms with Gasteiger partial charge in [0.05, 0.1) is 6.61 Å². The fourth-order valence-corrected chi connectivity index (χ4v) is 2.37. The Hall–Kier alpha value is -1.52. The molecule has 0 spiro atoms. The van der Waals surface area contributed by atoms with Crippen LogP contribution in [0.5, 0.6) is 0 Å². The minimum Gasteiger partial charge on any atom is -0.451 e. The number of amides is 1. The first-order valence-electron chi connectivity index (χ1n) is 6.98. The molecule has 1 heterocycles. The normalized spacial score (nSPS) is 11.3. The minimum absolute atomic E-state index is 0.118. The molecule has 1 aromatic carbocycles. The highest BCUT2D eigenvalue weighted by molar-refractivity contribution is 6.31. The van der Waals surface area contributed by atoms with Crippen LogP contribution < -0.4 is 0 Å². The average Bonchev–Trinajstić information content (AvgIpc) is 2.85. The van der Waals surface area contributed by atoms with Crippen molar-refractivity contribution in [3.63, 3.8) is 0 Å². The van der Waals surface area contributed by atoms with Gasteiger partial charge in [-0.1, -0.05) is 25.4 Å². The lowest BCUT2D eigenvalue weighted by Gasteiger charge is -2.23. The van der Waals surface area contributed by atoms with Crippen molar-refractivity contribution in [3.8, 4) is 0 Å². The lowest BCUT2D eigenvalue weighted by atomic mass is 10.2. The number of methoxy groups -OCH3 is 1. The van der Waals surface area contributed by atoms with Gasteiger partial charge in [-0.2, -0.15) is 0 Å². The van der Waals surface area contributed by atoms with E-state index in [4.69, 9.17) is 20.8 Å². The molecule has 0 saturated carbocycles. The van der Waals surface area contributed by atoms with Gasteiger partial charge in [0.15, 0.2) is 5.76 Å². The van der Waals surface area contributed by atoms with Crippen LogP contribution in [0.4, 0.5) is 0 Å². The van der Waals surface area contributed by atoms with Crippen molar-refractivity contribution in [1.82, 2.24) is 4.90 Å². The molecule has 0 bridgehead atoms. The molecule has 0 atom stereocenters. The molecule has 21 heavy (non-hydrogen) atoms. The molecular weight excluding hydrogens is 290 g/mol. The van der Waals surface area contributed by atoms with Crippen molar-refractivity contribution in [3.05, 3.63) is 35.0 Å². The summed E-state index contributed by atoms with van der Waals surface area (Å²) in [7, 11) is 1.63. The summed E-state index contributed by atoms with van der Waals surface area (Å²) in [5.41, 5.74) is 0.666. The Labute approximate surface area is 129 Å². The summed E-state index contributed by atoms with van der Waals surface area (Å²) < 4.78 is 10.7. The highest BCUT2D eigenvalue weighted by Gasteiger charge is 2.20.